The molecule has 5 rings (SSSR count). The topological polar surface area (TPSA) is 42.2 Å². The first-order valence-corrected chi connectivity index (χ1v) is 9.95. The van der Waals surface area contributed by atoms with Crippen LogP contribution in [0.1, 0.15) is 11.1 Å². The lowest BCUT2D eigenvalue weighted by Gasteiger charge is -2.05. The Balaban J connectivity index is 1.42. The lowest BCUT2D eigenvalue weighted by atomic mass is 10.2. The lowest BCUT2D eigenvalue weighted by molar-refractivity contribution is 0.836. The van der Waals surface area contributed by atoms with Crippen molar-refractivity contribution < 1.29 is 0 Å². The lowest BCUT2D eigenvalue weighted by Crippen LogP contribution is -1.97. The van der Waals surface area contributed by atoms with Gasteiger partial charge < -0.3 is 4.57 Å². The van der Waals surface area contributed by atoms with E-state index >= 15 is 0 Å². The fourth-order valence-electron chi connectivity index (χ4n) is 3.37. The first kappa shape index (κ1) is 16.7. The van der Waals surface area contributed by atoms with Crippen LogP contribution < -0.4 is 5.43 Å². The number of nitrogens with zero attached hydrogens (tertiary/aromatic N) is 3. The summed E-state index contributed by atoms with van der Waals surface area (Å²) in [6, 6.07) is 27.0. The second-order valence-electron chi connectivity index (χ2n) is 6.57. The number of hydrogen-bond acceptors (Lipinski definition) is 4. The Kier molecular flexibility index (Phi) is 4.35. The highest BCUT2D eigenvalue weighted by molar-refractivity contribution is 7.22. The zero-order valence-electron chi connectivity index (χ0n) is 15.1. The molecule has 5 heteroatoms. The van der Waals surface area contributed by atoms with Crippen LogP contribution in [0, 0.1) is 0 Å². The van der Waals surface area contributed by atoms with Gasteiger partial charge in [-0.05, 0) is 23.8 Å². The molecule has 0 bridgehead atoms. The van der Waals surface area contributed by atoms with E-state index in [0.29, 0.717) is 0 Å². The van der Waals surface area contributed by atoms with E-state index in [1.54, 1.807) is 11.3 Å². The predicted molar refractivity (Wildman–Crippen MR) is 118 cm³/mol. The Morgan fingerprint density at radius 2 is 1.71 bits per heavy atom. The highest BCUT2D eigenvalue weighted by atomic mass is 32.1. The molecule has 0 aliphatic heterocycles. The number of benzene rings is 3. The van der Waals surface area contributed by atoms with Gasteiger partial charge in [0.15, 0.2) is 0 Å². The fraction of sp³-hybridized carbons (Fsp3) is 0.0435. The zero-order valence-corrected chi connectivity index (χ0v) is 15.9. The number of aromatic nitrogens is 2. The molecule has 5 aromatic rings. The Morgan fingerprint density at radius 3 is 2.61 bits per heavy atom. The van der Waals surface area contributed by atoms with E-state index in [1.807, 2.05) is 30.5 Å². The quantitative estimate of drug-likeness (QED) is 0.311. The number of rotatable bonds is 5. The number of nitrogens with one attached hydrogen (secondary N) is 1. The van der Waals surface area contributed by atoms with Crippen LogP contribution in [0.15, 0.2) is 90.2 Å². The molecule has 136 valence electrons. The van der Waals surface area contributed by atoms with Crippen LogP contribution >= 0.6 is 11.3 Å². The molecule has 2 aromatic heterocycles. The Hall–Kier alpha value is -3.44. The van der Waals surface area contributed by atoms with Crippen LogP contribution in [0.4, 0.5) is 5.13 Å². The molecule has 0 unspecified atom stereocenters. The van der Waals surface area contributed by atoms with E-state index in [1.165, 1.54) is 16.5 Å². The van der Waals surface area contributed by atoms with Crippen molar-refractivity contribution in [2.75, 3.05) is 5.43 Å². The first-order chi connectivity index (χ1) is 13.9. The van der Waals surface area contributed by atoms with E-state index in [0.717, 1.165) is 27.5 Å². The van der Waals surface area contributed by atoms with Crippen LogP contribution in [0.3, 0.4) is 0 Å². The third-order valence-electron chi connectivity index (χ3n) is 4.67. The second-order valence-corrected chi connectivity index (χ2v) is 7.60. The summed E-state index contributed by atoms with van der Waals surface area (Å²) >= 11 is 1.60. The maximum atomic E-state index is 4.56. The van der Waals surface area contributed by atoms with Gasteiger partial charge in [0.2, 0.25) is 5.13 Å². The molecule has 0 radical (unpaired) electrons. The van der Waals surface area contributed by atoms with Crippen molar-refractivity contribution in [2.45, 2.75) is 6.54 Å². The van der Waals surface area contributed by atoms with Gasteiger partial charge in [0.25, 0.3) is 0 Å². The largest absolute Gasteiger partial charge is 0.342 e. The van der Waals surface area contributed by atoms with Gasteiger partial charge in [-0.2, -0.15) is 5.10 Å². The van der Waals surface area contributed by atoms with E-state index in [4.69, 9.17) is 0 Å². The van der Waals surface area contributed by atoms with Crippen molar-refractivity contribution in [1.82, 2.24) is 9.55 Å². The summed E-state index contributed by atoms with van der Waals surface area (Å²) < 4.78 is 3.42. The summed E-state index contributed by atoms with van der Waals surface area (Å²) in [5.41, 5.74) is 7.63. The molecule has 0 spiro atoms. The monoisotopic (exact) mass is 382 g/mol. The summed E-state index contributed by atoms with van der Waals surface area (Å²) in [4.78, 5) is 4.56. The standard InChI is InChI=1S/C23H18N4S/c1-2-8-17(9-3-1)15-27-16-18(19-10-4-6-12-21(19)27)14-24-26-23-25-20-11-5-7-13-22(20)28-23/h1-14,16H,15H2,(H,25,26). The van der Waals surface area contributed by atoms with Gasteiger partial charge in [0.1, 0.15) is 0 Å². The van der Waals surface area contributed by atoms with Gasteiger partial charge in [-0.25, -0.2) is 4.98 Å². The van der Waals surface area contributed by atoms with Crippen molar-refractivity contribution in [3.05, 3.63) is 96.2 Å². The highest BCUT2D eigenvalue weighted by Gasteiger charge is 2.07. The number of hydrazone groups is 1. The molecule has 4 nitrogen and oxygen atoms in total. The van der Waals surface area contributed by atoms with Crippen molar-refractivity contribution in [3.8, 4) is 0 Å². The summed E-state index contributed by atoms with van der Waals surface area (Å²) in [6.45, 7) is 0.834. The minimum Gasteiger partial charge on any atom is -0.342 e. The van der Waals surface area contributed by atoms with Crippen molar-refractivity contribution in [3.63, 3.8) is 0 Å². The van der Waals surface area contributed by atoms with E-state index in [9.17, 15) is 0 Å². The van der Waals surface area contributed by atoms with Crippen LogP contribution in [-0.4, -0.2) is 15.8 Å². The average molecular weight is 382 g/mol. The SMILES string of the molecule is C(=NNc1nc2ccccc2s1)c1cn(Cc2ccccc2)c2ccccc12. The molecule has 0 amide bonds. The normalized spacial score (nSPS) is 11.6. The molecule has 0 fully saturated rings. The highest BCUT2D eigenvalue weighted by Crippen LogP contribution is 2.25. The maximum absolute atomic E-state index is 4.56. The number of hydrogen-bond donors (Lipinski definition) is 1. The summed E-state index contributed by atoms with van der Waals surface area (Å²) in [7, 11) is 0. The third kappa shape index (κ3) is 3.28. The van der Waals surface area contributed by atoms with E-state index < -0.39 is 0 Å². The van der Waals surface area contributed by atoms with Gasteiger partial charge in [0.05, 0.1) is 16.4 Å². The van der Waals surface area contributed by atoms with Crippen LogP contribution in [0.5, 0.6) is 0 Å². The zero-order chi connectivity index (χ0) is 18.8. The smallest absolute Gasteiger partial charge is 0.204 e. The maximum Gasteiger partial charge on any atom is 0.204 e. The Labute approximate surface area is 166 Å². The minimum atomic E-state index is 0.797. The van der Waals surface area contributed by atoms with E-state index in [2.05, 4.69) is 80.9 Å². The van der Waals surface area contributed by atoms with Crippen molar-refractivity contribution >= 4 is 43.8 Å². The predicted octanol–water partition coefficient (Wildman–Crippen LogP) is 5.75. The van der Waals surface area contributed by atoms with Gasteiger partial charge in [-0.15, -0.1) is 0 Å². The molecule has 2 heterocycles. The number of thiazole rings is 1. The number of anilines is 1. The van der Waals surface area contributed by atoms with E-state index in [-0.39, 0.29) is 0 Å². The fourth-order valence-corrected chi connectivity index (χ4v) is 4.18. The summed E-state index contributed by atoms with van der Waals surface area (Å²) in [5, 5.41) is 6.42. The van der Waals surface area contributed by atoms with Crippen molar-refractivity contribution in [1.29, 1.82) is 0 Å². The molecule has 0 aliphatic carbocycles. The van der Waals surface area contributed by atoms with Gasteiger partial charge in [-0.1, -0.05) is 72.0 Å². The molecule has 1 N–H and O–H groups in total. The van der Waals surface area contributed by atoms with Crippen molar-refractivity contribution in [2.24, 2.45) is 5.10 Å². The molecular weight excluding hydrogens is 364 g/mol. The second kappa shape index (κ2) is 7.29. The molecule has 0 saturated carbocycles. The molecule has 0 aliphatic rings. The van der Waals surface area contributed by atoms with Gasteiger partial charge >= 0.3 is 0 Å². The number of fused-ring (bicyclic) bond motifs is 2. The molecule has 3 aromatic carbocycles. The van der Waals surface area contributed by atoms with Gasteiger partial charge in [0, 0.05) is 29.2 Å². The Morgan fingerprint density at radius 1 is 0.929 bits per heavy atom. The third-order valence-corrected chi connectivity index (χ3v) is 5.61. The molecule has 0 atom stereocenters. The van der Waals surface area contributed by atoms with Crippen LogP contribution in [-0.2, 0) is 6.54 Å². The summed E-state index contributed by atoms with van der Waals surface area (Å²) in [5.74, 6) is 0. The van der Waals surface area contributed by atoms with Crippen LogP contribution in [0.2, 0.25) is 0 Å². The van der Waals surface area contributed by atoms with Gasteiger partial charge in [-0.3, -0.25) is 5.43 Å². The number of para-hydroxylation sites is 2. The Bertz CT molecular complexity index is 1230. The molecular formula is C23H18N4S. The molecule has 0 saturated heterocycles. The average Bonchev–Trinajstić information content (AvgIpc) is 3.30. The van der Waals surface area contributed by atoms with Crippen LogP contribution in [0.25, 0.3) is 21.1 Å². The minimum absolute atomic E-state index is 0.797. The molecule has 28 heavy (non-hydrogen) atoms. The summed E-state index contributed by atoms with van der Waals surface area (Å²) in [6.07, 6.45) is 4.02. The first-order valence-electron chi connectivity index (χ1n) is 9.13.